The van der Waals surface area contributed by atoms with Crippen LogP contribution in [0.3, 0.4) is 0 Å². The second kappa shape index (κ2) is 5.48. The molecule has 0 bridgehead atoms. The largest absolute Gasteiger partial charge is 0.392 e. The Morgan fingerprint density at radius 2 is 2.00 bits per heavy atom. The van der Waals surface area contributed by atoms with Crippen molar-refractivity contribution in [3.05, 3.63) is 50.6 Å². The van der Waals surface area contributed by atoms with Crippen LogP contribution in [0, 0.1) is 0 Å². The number of benzene rings is 1. The van der Waals surface area contributed by atoms with Gasteiger partial charge in [-0.2, -0.15) is 0 Å². The van der Waals surface area contributed by atoms with E-state index in [1.165, 1.54) is 4.88 Å². The molecule has 0 spiro atoms. The molecule has 0 fully saturated rings. The molecule has 2 aromatic rings. The molecule has 1 aromatic carbocycles. The molecule has 84 valence electrons. The number of anilines is 1. The van der Waals surface area contributed by atoms with E-state index in [-0.39, 0.29) is 6.61 Å². The number of halogens is 1. The lowest BCUT2D eigenvalue weighted by Gasteiger charge is -2.05. The maximum atomic E-state index is 8.92. The molecule has 1 heterocycles. The molecule has 4 heteroatoms. The smallest absolute Gasteiger partial charge is 0.0681 e. The average molecular weight is 298 g/mol. The van der Waals surface area contributed by atoms with Crippen LogP contribution in [0.2, 0.25) is 0 Å². The third-order valence-corrected chi connectivity index (χ3v) is 3.92. The second-order valence-corrected chi connectivity index (χ2v) is 5.35. The minimum Gasteiger partial charge on any atom is -0.392 e. The third kappa shape index (κ3) is 3.07. The molecule has 1 aromatic heterocycles. The summed E-state index contributed by atoms with van der Waals surface area (Å²) in [4.78, 5) is 1.29. The van der Waals surface area contributed by atoms with Gasteiger partial charge in [-0.25, -0.2) is 0 Å². The summed E-state index contributed by atoms with van der Waals surface area (Å²) in [6.45, 7) is 0.924. The van der Waals surface area contributed by atoms with E-state index in [9.17, 15) is 0 Å². The maximum absolute atomic E-state index is 8.92. The molecule has 0 aliphatic carbocycles. The predicted octanol–water partition coefficient (Wildman–Crippen LogP) is 3.62. The van der Waals surface area contributed by atoms with E-state index < -0.39 is 0 Å². The molecule has 2 nitrogen and oxygen atoms in total. The van der Waals surface area contributed by atoms with Gasteiger partial charge in [-0.05, 0) is 39.7 Å². The van der Waals surface area contributed by atoms with E-state index in [0.29, 0.717) is 0 Å². The zero-order valence-corrected chi connectivity index (χ0v) is 11.0. The SMILES string of the molecule is OCc1ccc(NCc2cc(Br)cs2)cc1. The van der Waals surface area contributed by atoms with E-state index in [1.54, 1.807) is 11.3 Å². The summed E-state index contributed by atoms with van der Waals surface area (Å²) in [6.07, 6.45) is 0. The van der Waals surface area contributed by atoms with Crippen molar-refractivity contribution < 1.29 is 5.11 Å². The highest BCUT2D eigenvalue weighted by Gasteiger charge is 1.98. The highest BCUT2D eigenvalue weighted by molar-refractivity contribution is 9.10. The summed E-state index contributed by atoms with van der Waals surface area (Å²) in [5.74, 6) is 0. The first-order valence-electron chi connectivity index (χ1n) is 4.94. The van der Waals surface area contributed by atoms with E-state index in [4.69, 9.17) is 5.11 Å². The Labute approximate surface area is 107 Å². The summed E-state index contributed by atoms with van der Waals surface area (Å²) in [5.41, 5.74) is 2.01. The van der Waals surface area contributed by atoms with Crippen molar-refractivity contribution in [2.75, 3.05) is 5.32 Å². The number of aliphatic hydroxyl groups is 1. The van der Waals surface area contributed by atoms with Crippen LogP contribution in [-0.2, 0) is 13.2 Å². The Bertz CT molecular complexity index is 452. The van der Waals surface area contributed by atoms with Crippen molar-refractivity contribution in [1.29, 1.82) is 0 Å². The Balaban J connectivity index is 1.94. The number of rotatable bonds is 4. The van der Waals surface area contributed by atoms with Gasteiger partial charge in [-0.1, -0.05) is 12.1 Å². The molecule has 0 atom stereocenters. The highest BCUT2D eigenvalue weighted by Crippen LogP contribution is 2.20. The second-order valence-electron chi connectivity index (χ2n) is 3.44. The van der Waals surface area contributed by atoms with Gasteiger partial charge in [-0.15, -0.1) is 11.3 Å². The first-order valence-corrected chi connectivity index (χ1v) is 6.62. The van der Waals surface area contributed by atoms with Crippen LogP contribution in [-0.4, -0.2) is 5.11 Å². The van der Waals surface area contributed by atoms with Crippen LogP contribution < -0.4 is 5.32 Å². The van der Waals surface area contributed by atoms with E-state index in [2.05, 4.69) is 32.7 Å². The predicted molar refractivity (Wildman–Crippen MR) is 71.7 cm³/mol. The zero-order chi connectivity index (χ0) is 11.4. The van der Waals surface area contributed by atoms with Crippen molar-refractivity contribution in [2.45, 2.75) is 13.2 Å². The first-order chi connectivity index (χ1) is 7.78. The van der Waals surface area contributed by atoms with Gasteiger partial charge < -0.3 is 10.4 Å². The van der Waals surface area contributed by atoms with E-state index >= 15 is 0 Å². The van der Waals surface area contributed by atoms with Gasteiger partial charge in [-0.3, -0.25) is 0 Å². The molecule has 0 unspecified atom stereocenters. The molecule has 0 saturated heterocycles. The third-order valence-electron chi connectivity index (χ3n) is 2.23. The van der Waals surface area contributed by atoms with Crippen molar-refractivity contribution in [3.8, 4) is 0 Å². The minimum absolute atomic E-state index is 0.0954. The molecular weight excluding hydrogens is 286 g/mol. The fourth-order valence-electron chi connectivity index (χ4n) is 1.36. The normalized spacial score (nSPS) is 10.4. The Hall–Kier alpha value is -0.840. The van der Waals surface area contributed by atoms with Crippen LogP contribution in [0.25, 0.3) is 0 Å². The molecule has 0 aliphatic rings. The Morgan fingerprint density at radius 3 is 2.56 bits per heavy atom. The minimum atomic E-state index is 0.0954. The van der Waals surface area contributed by atoms with E-state index in [0.717, 1.165) is 22.3 Å². The number of hydrogen-bond donors (Lipinski definition) is 2. The average Bonchev–Trinajstić information content (AvgIpc) is 2.73. The summed E-state index contributed by atoms with van der Waals surface area (Å²) >= 11 is 5.16. The molecule has 2 rings (SSSR count). The number of thiophene rings is 1. The molecule has 0 aliphatic heterocycles. The van der Waals surface area contributed by atoms with E-state index in [1.807, 2.05) is 24.3 Å². The fraction of sp³-hybridized carbons (Fsp3) is 0.167. The standard InChI is InChI=1S/C12H12BrNOS/c13-10-5-12(16-8-10)6-14-11-3-1-9(7-15)2-4-11/h1-5,8,14-15H,6-7H2. The molecular formula is C12H12BrNOS. The number of nitrogens with one attached hydrogen (secondary N) is 1. The van der Waals surface area contributed by atoms with Crippen LogP contribution in [0.15, 0.2) is 40.2 Å². The number of hydrogen-bond acceptors (Lipinski definition) is 3. The first kappa shape index (κ1) is 11.6. The van der Waals surface area contributed by atoms with Crippen molar-refractivity contribution >= 4 is 33.0 Å². The zero-order valence-electron chi connectivity index (χ0n) is 8.61. The van der Waals surface area contributed by atoms with Gasteiger partial charge in [0.15, 0.2) is 0 Å². The summed E-state index contributed by atoms with van der Waals surface area (Å²) in [7, 11) is 0. The van der Waals surface area contributed by atoms with Gasteiger partial charge in [0, 0.05) is 27.0 Å². The van der Waals surface area contributed by atoms with Crippen molar-refractivity contribution in [3.63, 3.8) is 0 Å². The van der Waals surface area contributed by atoms with Gasteiger partial charge in [0.05, 0.1) is 6.61 Å². The Morgan fingerprint density at radius 1 is 1.25 bits per heavy atom. The summed E-state index contributed by atoms with van der Waals surface area (Å²) in [6, 6.07) is 9.92. The van der Waals surface area contributed by atoms with Crippen molar-refractivity contribution in [1.82, 2.24) is 0 Å². The van der Waals surface area contributed by atoms with Gasteiger partial charge in [0.1, 0.15) is 0 Å². The van der Waals surface area contributed by atoms with Crippen LogP contribution in [0.4, 0.5) is 5.69 Å². The molecule has 2 N–H and O–H groups in total. The van der Waals surface area contributed by atoms with Crippen LogP contribution in [0.1, 0.15) is 10.4 Å². The lowest BCUT2D eigenvalue weighted by molar-refractivity contribution is 0.282. The lowest BCUT2D eigenvalue weighted by atomic mass is 10.2. The van der Waals surface area contributed by atoms with Gasteiger partial charge >= 0.3 is 0 Å². The maximum Gasteiger partial charge on any atom is 0.0681 e. The van der Waals surface area contributed by atoms with Gasteiger partial charge in [0.25, 0.3) is 0 Å². The molecule has 0 radical (unpaired) electrons. The monoisotopic (exact) mass is 297 g/mol. The highest BCUT2D eigenvalue weighted by atomic mass is 79.9. The Kier molecular flexibility index (Phi) is 3.98. The molecule has 0 amide bonds. The molecule has 0 saturated carbocycles. The lowest BCUT2D eigenvalue weighted by Crippen LogP contribution is -1.97. The fourth-order valence-corrected chi connectivity index (χ4v) is 2.75. The molecule has 16 heavy (non-hydrogen) atoms. The number of aliphatic hydroxyl groups excluding tert-OH is 1. The topological polar surface area (TPSA) is 32.3 Å². The van der Waals surface area contributed by atoms with Gasteiger partial charge in [0.2, 0.25) is 0 Å². The summed E-state index contributed by atoms with van der Waals surface area (Å²) in [5, 5.41) is 14.3. The quantitative estimate of drug-likeness (QED) is 0.903. The van der Waals surface area contributed by atoms with Crippen molar-refractivity contribution in [2.24, 2.45) is 0 Å². The van der Waals surface area contributed by atoms with Crippen LogP contribution >= 0.6 is 27.3 Å². The van der Waals surface area contributed by atoms with Crippen LogP contribution in [0.5, 0.6) is 0 Å². The summed E-state index contributed by atoms with van der Waals surface area (Å²) < 4.78 is 1.13.